The Morgan fingerprint density at radius 2 is 2.07 bits per heavy atom. The summed E-state index contributed by atoms with van der Waals surface area (Å²) in [6.45, 7) is 2.21. The third kappa shape index (κ3) is 1.55. The van der Waals surface area contributed by atoms with Crippen LogP contribution in [0.15, 0.2) is 18.2 Å². The maximum atomic E-state index is 13.1. The van der Waals surface area contributed by atoms with Gasteiger partial charge >= 0.3 is 0 Å². The molecule has 0 fully saturated rings. The van der Waals surface area contributed by atoms with Crippen LogP contribution in [0.3, 0.4) is 0 Å². The summed E-state index contributed by atoms with van der Waals surface area (Å²) in [6, 6.07) is 5.50. The molecule has 2 heteroatoms. The highest BCUT2D eigenvalue weighted by Crippen LogP contribution is 2.37. The summed E-state index contributed by atoms with van der Waals surface area (Å²) < 4.78 is 13.1. The summed E-state index contributed by atoms with van der Waals surface area (Å²) in [5, 5.41) is 3.24. The van der Waals surface area contributed by atoms with E-state index in [4.69, 9.17) is 0 Å². The molecule has 0 spiro atoms. The van der Waals surface area contributed by atoms with E-state index in [-0.39, 0.29) is 5.82 Å². The molecule has 0 aromatic heterocycles. The number of hydrogen-bond donors (Lipinski definition) is 1. The van der Waals surface area contributed by atoms with Gasteiger partial charge in [-0.05, 0) is 49.1 Å². The number of rotatable bonds is 1. The van der Waals surface area contributed by atoms with Crippen molar-refractivity contribution in [2.75, 3.05) is 7.05 Å². The van der Waals surface area contributed by atoms with E-state index in [0.717, 1.165) is 12.0 Å². The molecule has 2 rings (SSSR count). The van der Waals surface area contributed by atoms with E-state index in [0.29, 0.717) is 12.0 Å². The molecule has 1 aliphatic carbocycles. The first kappa shape index (κ1) is 9.66. The van der Waals surface area contributed by atoms with Crippen LogP contribution < -0.4 is 5.32 Å². The second-order valence-corrected chi connectivity index (χ2v) is 4.09. The fraction of sp³-hybridized carbons (Fsp3) is 0.500. The Hall–Kier alpha value is -0.890. The minimum absolute atomic E-state index is 0.127. The van der Waals surface area contributed by atoms with Gasteiger partial charge in [0.1, 0.15) is 5.82 Å². The normalized spacial score (nSPS) is 25.9. The van der Waals surface area contributed by atoms with Gasteiger partial charge in [-0.2, -0.15) is 0 Å². The molecule has 1 aromatic rings. The van der Waals surface area contributed by atoms with Gasteiger partial charge in [0.05, 0.1) is 0 Å². The Morgan fingerprint density at radius 1 is 1.29 bits per heavy atom. The molecule has 1 N–H and O–H groups in total. The third-order valence-electron chi connectivity index (χ3n) is 3.19. The Bertz CT molecular complexity index is 335. The molecule has 0 aliphatic heterocycles. The van der Waals surface area contributed by atoms with Crippen LogP contribution in [0.4, 0.5) is 4.39 Å². The molecule has 0 saturated carbocycles. The molecule has 0 heterocycles. The third-order valence-corrected chi connectivity index (χ3v) is 3.19. The highest BCUT2D eigenvalue weighted by Gasteiger charge is 2.23. The van der Waals surface area contributed by atoms with Crippen molar-refractivity contribution < 1.29 is 4.39 Å². The van der Waals surface area contributed by atoms with E-state index in [1.807, 2.05) is 13.1 Å². The van der Waals surface area contributed by atoms with Crippen molar-refractivity contribution in [2.45, 2.75) is 31.7 Å². The lowest BCUT2D eigenvalue weighted by atomic mass is 9.81. The van der Waals surface area contributed by atoms with Gasteiger partial charge in [-0.15, -0.1) is 0 Å². The molecule has 2 unspecified atom stereocenters. The monoisotopic (exact) mass is 193 g/mol. The minimum Gasteiger partial charge on any atom is -0.313 e. The van der Waals surface area contributed by atoms with Gasteiger partial charge in [-0.3, -0.25) is 0 Å². The molecule has 2 atom stereocenters. The average molecular weight is 193 g/mol. The fourth-order valence-electron chi connectivity index (χ4n) is 2.32. The summed E-state index contributed by atoms with van der Waals surface area (Å²) in [5.41, 5.74) is 2.45. The summed E-state index contributed by atoms with van der Waals surface area (Å²) in [5.74, 6) is 0.438. The Labute approximate surface area is 84.3 Å². The van der Waals surface area contributed by atoms with Gasteiger partial charge in [-0.25, -0.2) is 4.39 Å². The van der Waals surface area contributed by atoms with Gasteiger partial charge in [-0.1, -0.05) is 13.0 Å². The highest BCUT2D eigenvalue weighted by molar-refractivity contribution is 5.35. The Morgan fingerprint density at radius 3 is 2.79 bits per heavy atom. The van der Waals surface area contributed by atoms with Crippen LogP contribution in [0.1, 0.15) is 42.9 Å². The zero-order valence-electron chi connectivity index (χ0n) is 8.68. The molecule has 0 amide bonds. The molecule has 14 heavy (non-hydrogen) atoms. The van der Waals surface area contributed by atoms with Gasteiger partial charge in [0, 0.05) is 6.04 Å². The van der Waals surface area contributed by atoms with Crippen LogP contribution in [0.5, 0.6) is 0 Å². The maximum Gasteiger partial charge on any atom is 0.123 e. The zero-order valence-corrected chi connectivity index (χ0v) is 8.68. The highest BCUT2D eigenvalue weighted by atomic mass is 19.1. The first-order valence-electron chi connectivity index (χ1n) is 5.19. The molecule has 1 aliphatic rings. The topological polar surface area (TPSA) is 12.0 Å². The lowest BCUT2D eigenvalue weighted by molar-refractivity contribution is 0.456. The summed E-state index contributed by atoms with van der Waals surface area (Å²) in [7, 11) is 1.94. The number of hydrogen-bond acceptors (Lipinski definition) is 1. The molecule has 0 bridgehead atoms. The second-order valence-electron chi connectivity index (χ2n) is 4.09. The zero-order chi connectivity index (χ0) is 10.1. The van der Waals surface area contributed by atoms with Crippen molar-refractivity contribution in [1.29, 1.82) is 0 Å². The molecule has 76 valence electrons. The Balaban J connectivity index is 2.46. The van der Waals surface area contributed by atoms with Crippen LogP contribution in [0.2, 0.25) is 0 Å². The molecule has 1 nitrogen and oxygen atoms in total. The van der Waals surface area contributed by atoms with Crippen molar-refractivity contribution in [3.63, 3.8) is 0 Å². The lowest BCUT2D eigenvalue weighted by Gasteiger charge is -2.29. The van der Waals surface area contributed by atoms with Crippen LogP contribution in [0, 0.1) is 5.82 Å². The first-order chi connectivity index (χ1) is 6.72. The molecular formula is C12H16FN. The van der Waals surface area contributed by atoms with Crippen molar-refractivity contribution in [3.05, 3.63) is 35.1 Å². The van der Waals surface area contributed by atoms with E-state index < -0.39 is 0 Å². The molecule has 0 saturated heterocycles. The van der Waals surface area contributed by atoms with E-state index in [1.165, 1.54) is 12.0 Å². The summed E-state index contributed by atoms with van der Waals surface area (Å²) in [4.78, 5) is 0. The largest absolute Gasteiger partial charge is 0.313 e. The van der Waals surface area contributed by atoms with Crippen molar-refractivity contribution in [3.8, 4) is 0 Å². The molecule has 0 radical (unpaired) electrons. The average Bonchev–Trinajstić information content (AvgIpc) is 2.18. The standard InChI is InChI=1S/C12H16FN/c1-8-3-6-12(14-2)11-7-9(13)4-5-10(8)11/h4-5,7-8,12,14H,3,6H2,1-2H3. The first-order valence-corrected chi connectivity index (χ1v) is 5.19. The van der Waals surface area contributed by atoms with Crippen molar-refractivity contribution in [2.24, 2.45) is 0 Å². The number of benzene rings is 1. The second kappa shape index (κ2) is 3.70. The van der Waals surface area contributed by atoms with Crippen LogP contribution in [0.25, 0.3) is 0 Å². The van der Waals surface area contributed by atoms with Crippen LogP contribution in [-0.4, -0.2) is 7.05 Å². The summed E-state index contributed by atoms with van der Waals surface area (Å²) >= 11 is 0. The van der Waals surface area contributed by atoms with Gasteiger partial charge in [0.2, 0.25) is 0 Å². The van der Waals surface area contributed by atoms with E-state index in [9.17, 15) is 4.39 Å². The molecule has 1 aromatic carbocycles. The number of fused-ring (bicyclic) bond motifs is 1. The minimum atomic E-state index is -0.127. The lowest BCUT2D eigenvalue weighted by Crippen LogP contribution is -2.23. The van der Waals surface area contributed by atoms with Crippen molar-refractivity contribution >= 4 is 0 Å². The van der Waals surface area contributed by atoms with E-state index in [1.54, 1.807) is 12.1 Å². The predicted octanol–water partition coefficient (Wildman–Crippen LogP) is 2.98. The van der Waals surface area contributed by atoms with Gasteiger partial charge in [0.25, 0.3) is 0 Å². The van der Waals surface area contributed by atoms with Gasteiger partial charge < -0.3 is 5.32 Å². The molecular weight excluding hydrogens is 177 g/mol. The van der Waals surface area contributed by atoms with Gasteiger partial charge in [0.15, 0.2) is 0 Å². The Kier molecular flexibility index (Phi) is 2.55. The number of halogens is 1. The summed E-state index contributed by atoms with van der Waals surface area (Å²) in [6.07, 6.45) is 2.29. The predicted molar refractivity (Wildman–Crippen MR) is 55.8 cm³/mol. The van der Waals surface area contributed by atoms with Crippen LogP contribution >= 0.6 is 0 Å². The number of nitrogens with one attached hydrogen (secondary N) is 1. The smallest absolute Gasteiger partial charge is 0.123 e. The maximum absolute atomic E-state index is 13.1. The van der Waals surface area contributed by atoms with E-state index >= 15 is 0 Å². The quantitative estimate of drug-likeness (QED) is 0.723. The fourth-order valence-corrected chi connectivity index (χ4v) is 2.32. The van der Waals surface area contributed by atoms with Crippen molar-refractivity contribution in [1.82, 2.24) is 5.32 Å². The SMILES string of the molecule is CNC1CCC(C)c2ccc(F)cc21. The van der Waals surface area contributed by atoms with Crippen LogP contribution in [-0.2, 0) is 0 Å². The van der Waals surface area contributed by atoms with E-state index in [2.05, 4.69) is 12.2 Å².